The first-order valence-corrected chi connectivity index (χ1v) is 6.84. The van der Waals surface area contributed by atoms with Crippen LogP contribution in [0.15, 0.2) is 48.7 Å². The molecule has 21 heavy (non-hydrogen) atoms. The van der Waals surface area contributed by atoms with Crippen LogP contribution in [0.25, 0.3) is 10.8 Å². The van der Waals surface area contributed by atoms with Crippen LogP contribution in [0.1, 0.15) is 15.9 Å². The number of carbonyl (C=O) groups is 1. The summed E-state index contributed by atoms with van der Waals surface area (Å²) in [7, 11) is 0. The van der Waals surface area contributed by atoms with E-state index in [2.05, 4.69) is 4.98 Å². The molecule has 3 nitrogen and oxygen atoms in total. The number of rotatable bonds is 3. The minimum absolute atomic E-state index is 0.480. The van der Waals surface area contributed by atoms with Crippen LogP contribution in [-0.2, 0) is 0 Å². The van der Waals surface area contributed by atoms with Crippen LogP contribution in [0.2, 0.25) is 5.02 Å². The molecule has 4 heteroatoms. The van der Waals surface area contributed by atoms with Gasteiger partial charge in [0.2, 0.25) is 5.88 Å². The molecule has 3 rings (SSSR count). The van der Waals surface area contributed by atoms with Crippen molar-refractivity contribution in [1.29, 1.82) is 0 Å². The summed E-state index contributed by atoms with van der Waals surface area (Å²) >= 11 is 6.19. The summed E-state index contributed by atoms with van der Waals surface area (Å²) in [5.74, 6) is 1.16. The highest BCUT2D eigenvalue weighted by molar-refractivity contribution is 6.35. The summed E-state index contributed by atoms with van der Waals surface area (Å²) in [6.45, 7) is 1.85. The highest BCUT2D eigenvalue weighted by atomic mass is 35.5. The van der Waals surface area contributed by atoms with Crippen LogP contribution in [0.3, 0.4) is 0 Å². The molecule has 0 saturated carbocycles. The van der Waals surface area contributed by atoms with Gasteiger partial charge in [0.1, 0.15) is 5.75 Å². The second-order valence-electron chi connectivity index (χ2n) is 4.70. The van der Waals surface area contributed by atoms with Crippen molar-refractivity contribution < 1.29 is 9.53 Å². The van der Waals surface area contributed by atoms with E-state index in [-0.39, 0.29) is 0 Å². The van der Waals surface area contributed by atoms with E-state index in [1.54, 1.807) is 12.1 Å². The van der Waals surface area contributed by atoms with Crippen LogP contribution >= 0.6 is 11.6 Å². The van der Waals surface area contributed by atoms with E-state index in [9.17, 15) is 4.79 Å². The molecule has 0 atom stereocenters. The third-order valence-corrected chi connectivity index (χ3v) is 3.55. The normalized spacial score (nSPS) is 10.6. The van der Waals surface area contributed by atoms with Crippen molar-refractivity contribution in [2.45, 2.75) is 6.92 Å². The molecule has 0 radical (unpaired) electrons. The van der Waals surface area contributed by atoms with E-state index in [1.165, 1.54) is 6.20 Å². The lowest BCUT2D eigenvalue weighted by atomic mass is 10.1. The summed E-state index contributed by atoms with van der Waals surface area (Å²) in [6.07, 6.45) is 2.26. The molecule has 3 aromatic rings. The number of ether oxygens (including phenoxy) is 1. The van der Waals surface area contributed by atoms with E-state index in [0.29, 0.717) is 22.2 Å². The quantitative estimate of drug-likeness (QED) is 0.652. The van der Waals surface area contributed by atoms with Crippen molar-refractivity contribution in [2.24, 2.45) is 0 Å². The molecule has 0 bridgehead atoms. The minimum atomic E-state index is 0.480. The van der Waals surface area contributed by atoms with E-state index in [1.807, 2.05) is 37.3 Å². The molecule has 0 aliphatic rings. The Balaban J connectivity index is 2.06. The maximum absolute atomic E-state index is 10.7. The van der Waals surface area contributed by atoms with Crippen molar-refractivity contribution in [3.8, 4) is 11.6 Å². The molecular formula is C17H12ClNO2. The zero-order valence-corrected chi connectivity index (χ0v) is 12.1. The molecule has 2 aromatic carbocycles. The predicted molar refractivity (Wildman–Crippen MR) is 83.4 cm³/mol. The lowest BCUT2D eigenvalue weighted by Crippen LogP contribution is -1.94. The Morgan fingerprint density at radius 2 is 1.90 bits per heavy atom. The van der Waals surface area contributed by atoms with Gasteiger partial charge >= 0.3 is 0 Å². The van der Waals surface area contributed by atoms with Crippen LogP contribution in [-0.4, -0.2) is 11.3 Å². The number of nitrogens with zero attached hydrogens (tertiary/aromatic N) is 1. The highest BCUT2D eigenvalue weighted by Gasteiger charge is 2.09. The van der Waals surface area contributed by atoms with Gasteiger partial charge in [-0.3, -0.25) is 4.79 Å². The number of halogens is 1. The number of fused-ring (bicyclic) bond motifs is 1. The average molecular weight is 298 g/mol. The van der Waals surface area contributed by atoms with Crippen LogP contribution in [0.5, 0.6) is 11.6 Å². The number of pyridine rings is 1. The van der Waals surface area contributed by atoms with E-state index >= 15 is 0 Å². The largest absolute Gasteiger partial charge is 0.438 e. The van der Waals surface area contributed by atoms with Crippen LogP contribution < -0.4 is 4.74 Å². The molecule has 1 heterocycles. The second kappa shape index (κ2) is 5.54. The summed E-state index contributed by atoms with van der Waals surface area (Å²) in [4.78, 5) is 14.9. The van der Waals surface area contributed by atoms with Gasteiger partial charge < -0.3 is 4.74 Å². The smallest absolute Gasteiger partial charge is 0.222 e. The van der Waals surface area contributed by atoms with Gasteiger partial charge in [0.05, 0.1) is 0 Å². The Hall–Kier alpha value is -2.39. The predicted octanol–water partition coefficient (Wildman–Crippen LogP) is 4.80. The molecule has 0 unspecified atom stereocenters. The SMILES string of the molecule is Cc1cc(C=O)cnc1Oc1ccc(Cl)c2ccccc12. The van der Waals surface area contributed by atoms with Crippen molar-refractivity contribution in [3.05, 3.63) is 64.8 Å². The van der Waals surface area contributed by atoms with Gasteiger partial charge in [0.25, 0.3) is 0 Å². The Morgan fingerprint density at radius 3 is 2.62 bits per heavy atom. The van der Waals surface area contributed by atoms with Crippen molar-refractivity contribution in [1.82, 2.24) is 4.98 Å². The molecule has 0 spiro atoms. The molecule has 0 amide bonds. The Labute approximate surface area is 127 Å². The average Bonchev–Trinajstić information content (AvgIpc) is 2.52. The van der Waals surface area contributed by atoms with Gasteiger partial charge in [-0.05, 0) is 25.1 Å². The fourth-order valence-electron chi connectivity index (χ4n) is 2.18. The second-order valence-corrected chi connectivity index (χ2v) is 5.11. The maximum atomic E-state index is 10.7. The number of aromatic nitrogens is 1. The molecule has 0 saturated heterocycles. The summed E-state index contributed by atoms with van der Waals surface area (Å²) in [5.41, 5.74) is 1.33. The van der Waals surface area contributed by atoms with Crippen LogP contribution in [0, 0.1) is 6.92 Å². The van der Waals surface area contributed by atoms with E-state index < -0.39 is 0 Å². The first-order chi connectivity index (χ1) is 10.2. The fraction of sp³-hybridized carbons (Fsp3) is 0.0588. The van der Waals surface area contributed by atoms with Gasteiger partial charge in [-0.25, -0.2) is 4.98 Å². The number of aldehydes is 1. The fourth-order valence-corrected chi connectivity index (χ4v) is 2.41. The van der Waals surface area contributed by atoms with Gasteiger partial charge in [0.15, 0.2) is 6.29 Å². The summed E-state index contributed by atoms with van der Waals surface area (Å²) in [6, 6.07) is 13.1. The van der Waals surface area contributed by atoms with E-state index in [0.717, 1.165) is 22.6 Å². The number of hydrogen-bond acceptors (Lipinski definition) is 3. The first-order valence-electron chi connectivity index (χ1n) is 6.46. The van der Waals surface area contributed by atoms with E-state index in [4.69, 9.17) is 16.3 Å². The molecule has 104 valence electrons. The number of aryl methyl sites for hydroxylation is 1. The van der Waals surface area contributed by atoms with Crippen molar-refractivity contribution in [3.63, 3.8) is 0 Å². The third-order valence-electron chi connectivity index (χ3n) is 3.22. The van der Waals surface area contributed by atoms with Gasteiger partial charge in [-0.15, -0.1) is 0 Å². The first kappa shape index (κ1) is 13.6. The topological polar surface area (TPSA) is 39.2 Å². The molecule has 0 N–H and O–H groups in total. The number of hydrogen-bond donors (Lipinski definition) is 0. The molecule has 0 fully saturated rings. The van der Waals surface area contributed by atoms with Crippen molar-refractivity contribution >= 4 is 28.7 Å². The van der Waals surface area contributed by atoms with Crippen molar-refractivity contribution in [2.75, 3.05) is 0 Å². The minimum Gasteiger partial charge on any atom is -0.438 e. The Kier molecular flexibility index (Phi) is 3.59. The number of carbonyl (C=O) groups excluding carboxylic acids is 1. The molecule has 0 aliphatic heterocycles. The third kappa shape index (κ3) is 2.60. The Morgan fingerprint density at radius 1 is 1.14 bits per heavy atom. The zero-order valence-electron chi connectivity index (χ0n) is 11.3. The lowest BCUT2D eigenvalue weighted by molar-refractivity contribution is 0.112. The number of benzene rings is 2. The Bertz CT molecular complexity index is 830. The molecule has 1 aromatic heterocycles. The molecular weight excluding hydrogens is 286 g/mol. The highest BCUT2D eigenvalue weighted by Crippen LogP contribution is 2.34. The summed E-state index contributed by atoms with van der Waals surface area (Å²) in [5, 5.41) is 2.53. The zero-order chi connectivity index (χ0) is 14.8. The monoisotopic (exact) mass is 297 g/mol. The van der Waals surface area contributed by atoms with Crippen LogP contribution in [0.4, 0.5) is 0 Å². The van der Waals surface area contributed by atoms with Gasteiger partial charge in [-0.2, -0.15) is 0 Å². The molecule has 0 aliphatic carbocycles. The summed E-state index contributed by atoms with van der Waals surface area (Å²) < 4.78 is 5.89. The van der Waals surface area contributed by atoms with Gasteiger partial charge in [0, 0.05) is 33.1 Å². The maximum Gasteiger partial charge on any atom is 0.222 e. The van der Waals surface area contributed by atoms with Gasteiger partial charge in [-0.1, -0.05) is 35.9 Å². The standard InChI is InChI=1S/C17H12ClNO2/c1-11-8-12(10-20)9-19-17(11)21-16-7-6-15(18)13-4-2-3-5-14(13)16/h2-10H,1H3. The lowest BCUT2D eigenvalue weighted by Gasteiger charge is -2.11.